The molecule has 0 aromatic carbocycles. The third-order valence-electron chi connectivity index (χ3n) is 2.66. The van der Waals surface area contributed by atoms with Gasteiger partial charge in [0.25, 0.3) is 5.91 Å². The van der Waals surface area contributed by atoms with E-state index in [-0.39, 0.29) is 11.3 Å². The Kier molecular flexibility index (Phi) is 3.82. The first-order valence-corrected chi connectivity index (χ1v) is 6.44. The van der Waals surface area contributed by atoms with Gasteiger partial charge in [-0.1, -0.05) is 0 Å². The molecule has 1 aliphatic heterocycles. The van der Waals surface area contributed by atoms with Gasteiger partial charge in [-0.3, -0.25) is 4.79 Å². The van der Waals surface area contributed by atoms with Crippen molar-refractivity contribution in [1.29, 1.82) is 0 Å². The van der Waals surface area contributed by atoms with E-state index in [2.05, 4.69) is 20.9 Å². The molecule has 1 aliphatic rings. The van der Waals surface area contributed by atoms with Crippen molar-refractivity contribution in [2.24, 2.45) is 0 Å². The number of aromatic nitrogens is 1. The SMILES string of the molecule is O=C(c1ccc(Br)cn1)N1CCC(Cl)CC1. The van der Waals surface area contributed by atoms with Crippen molar-refractivity contribution in [3.63, 3.8) is 0 Å². The third-order valence-corrected chi connectivity index (χ3v) is 3.56. The lowest BCUT2D eigenvalue weighted by Crippen LogP contribution is -2.39. The van der Waals surface area contributed by atoms with Crippen molar-refractivity contribution in [2.75, 3.05) is 13.1 Å². The maximum Gasteiger partial charge on any atom is 0.272 e. The summed E-state index contributed by atoms with van der Waals surface area (Å²) in [6.45, 7) is 1.45. The first-order valence-electron chi connectivity index (χ1n) is 5.22. The van der Waals surface area contributed by atoms with Crippen molar-refractivity contribution in [3.8, 4) is 0 Å². The summed E-state index contributed by atoms with van der Waals surface area (Å²) >= 11 is 9.29. The second-order valence-corrected chi connectivity index (χ2v) is 5.36. The summed E-state index contributed by atoms with van der Waals surface area (Å²) in [5.41, 5.74) is 0.497. The quantitative estimate of drug-likeness (QED) is 0.747. The number of nitrogens with zero attached hydrogens (tertiary/aromatic N) is 2. The fraction of sp³-hybridized carbons (Fsp3) is 0.455. The van der Waals surface area contributed by atoms with E-state index in [9.17, 15) is 4.79 Å². The van der Waals surface area contributed by atoms with Gasteiger partial charge in [0.2, 0.25) is 0 Å². The zero-order valence-electron chi connectivity index (χ0n) is 8.70. The van der Waals surface area contributed by atoms with Gasteiger partial charge in [0, 0.05) is 29.1 Å². The van der Waals surface area contributed by atoms with Crippen LogP contribution in [-0.2, 0) is 0 Å². The maximum atomic E-state index is 12.0. The van der Waals surface area contributed by atoms with Crippen molar-refractivity contribution in [3.05, 3.63) is 28.5 Å². The smallest absolute Gasteiger partial charge is 0.272 e. The zero-order chi connectivity index (χ0) is 11.5. The van der Waals surface area contributed by atoms with Crippen molar-refractivity contribution in [1.82, 2.24) is 9.88 Å². The minimum atomic E-state index is -0.00364. The molecule has 5 heteroatoms. The average molecular weight is 304 g/mol. The van der Waals surface area contributed by atoms with E-state index in [0.717, 1.165) is 30.4 Å². The van der Waals surface area contributed by atoms with Crippen LogP contribution in [0.25, 0.3) is 0 Å². The van der Waals surface area contributed by atoms with Crippen LogP contribution in [0, 0.1) is 0 Å². The highest BCUT2D eigenvalue weighted by Gasteiger charge is 2.22. The van der Waals surface area contributed by atoms with Gasteiger partial charge in [0.1, 0.15) is 5.69 Å². The molecule has 1 fully saturated rings. The molecule has 0 N–H and O–H groups in total. The van der Waals surface area contributed by atoms with Crippen LogP contribution in [0.5, 0.6) is 0 Å². The van der Waals surface area contributed by atoms with Crippen LogP contribution >= 0.6 is 27.5 Å². The van der Waals surface area contributed by atoms with Crippen LogP contribution < -0.4 is 0 Å². The molecule has 2 heterocycles. The highest BCUT2D eigenvalue weighted by atomic mass is 79.9. The zero-order valence-corrected chi connectivity index (χ0v) is 11.0. The molecule has 1 saturated heterocycles. The first kappa shape index (κ1) is 11.9. The highest BCUT2D eigenvalue weighted by Crippen LogP contribution is 2.17. The Bertz CT molecular complexity index is 374. The Hall–Kier alpha value is -0.610. The number of halogens is 2. The Morgan fingerprint density at radius 3 is 2.69 bits per heavy atom. The number of hydrogen-bond donors (Lipinski definition) is 0. The van der Waals surface area contributed by atoms with Crippen molar-refractivity contribution >= 4 is 33.4 Å². The van der Waals surface area contributed by atoms with Crippen LogP contribution in [-0.4, -0.2) is 34.3 Å². The second kappa shape index (κ2) is 5.15. The third kappa shape index (κ3) is 2.74. The molecule has 0 unspecified atom stereocenters. The normalized spacial score (nSPS) is 17.5. The summed E-state index contributed by atoms with van der Waals surface area (Å²) in [5, 5.41) is 0.210. The van der Waals surface area contributed by atoms with Crippen molar-refractivity contribution in [2.45, 2.75) is 18.2 Å². The van der Waals surface area contributed by atoms with Gasteiger partial charge < -0.3 is 4.90 Å². The first-order chi connectivity index (χ1) is 7.66. The molecule has 0 atom stereocenters. The van der Waals surface area contributed by atoms with Gasteiger partial charge in [-0.05, 0) is 40.9 Å². The van der Waals surface area contributed by atoms with E-state index in [1.807, 2.05) is 11.0 Å². The average Bonchev–Trinajstić information content (AvgIpc) is 2.30. The van der Waals surface area contributed by atoms with Gasteiger partial charge in [-0.25, -0.2) is 4.98 Å². The number of hydrogen-bond acceptors (Lipinski definition) is 2. The van der Waals surface area contributed by atoms with Gasteiger partial charge in [-0.15, -0.1) is 11.6 Å². The Morgan fingerprint density at radius 1 is 1.44 bits per heavy atom. The van der Waals surface area contributed by atoms with E-state index in [1.165, 1.54) is 0 Å². The molecular formula is C11H12BrClN2O. The predicted octanol–water partition coefficient (Wildman–Crippen LogP) is 2.69. The summed E-state index contributed by atoms with van der Waals surface area (Å²) in [6.07, 6.45) is 3.37. The van der Waals surface area contributed by atoms with Crippen LogP contribution in [0.4, 0.5) is 0 Å². The molecule has 0 saturated carbocycles. The molecule has 86 valence electrons. The van der Waals surface area contributed by atoms with Crippen LogP contribution in [0.3, 0.4) is 0 Å². The highest BCUT2D eigenvalue weighted by molar-refractivity contribution is 9.10. The minimum Gasteiger partial charge on any atom is -0.337 e. The van der Waals surface area contributed by atoms with Crippen LogP contribution in [0.1, 0.15) is 23.3 Å². The Morgan fingerprint density at radius 2 is 2.12 bits per heavy atom. The largest absolute Gasteiger partial charge is 0.337 e. The molecule has 1 aromatic rings. The molecule has 0 radical (unpaired) electrons. The topological polar surface area (TPSA) is 33.2 Å². The van der Waals surface area contributed by atoms with E-state index in [1.54, 1.807) is 12.3 Å². The lowest BCUT2D eigenvalue weighted by Gasteiger charge is -2.28. The van der Waals surface area contributed by atoms with E-state index >= 15 is 0 Å². The predicted molar refractivity (Wildman–Crippen MR) is 66.7 cm³/mol. The Labute approximate surface area is 108 Å². The van der Waals surface area contributed by atoms with Crippen molar-refractivity contribution < 1.29 is 4.79 Å². The standard InChI is InChI=1S/C11H12BrClN2O/c12-8-1-2-10(14-7-8)11(16)15-5-3-9(13)4-6-15/h1-2,7,9H,3-6H2. The van der Waals surface area contributed by atoms with Gasteiger partial charge in [0.05, 0.1) is 0 Å². The van der Waals surface area contributed by atoms with E-state index in [4.69, 9.17) is 11.6 Å². The molecule has 1 aromatic heterocycles. The molecule has 2 rings (SSSR count). The number of carbonyl (C=O) groups excluding carboxylic acids is 1. The number of carbonyl (C=O) groups is 1. The van der Waals surface area contributed by atoms with Crippen LogP contribution in [0.2, 0.25) is 0 Å². The second-order valence-electron chi connectivity index (χ2n) is 3.83. The number of amides is 1. The van der Waals surface area contributed by atoms with Crippen LogP contribution in [0.15, 0.2) is 22.8 Å². The molecule has 0 aliphatic carbocycles. The number of pyridine rings is 1. The number of alkyl halides is 1. The number of likely N-dealkylation sites (tertiary alicyclic amines) is 1. The molecular weight excluding hydrogens is 291 g/mol. The fourth-order valence-electron chi connectivity index (χ4n) is 1.72. The summed E-state index contributed by atoms with van der Waals surface area (Å²) in [7, 11) is 0. The number of rotatable bonds is 1. The maximum absolute atomic E-state index is 12.0. The summed E-state index contributed by atoms with van der Waals surface area (Å²) in [4.78, 5) is 17.9. The summed E-state index contributed by atoms with van der Waals surface area (Å²) in [6, 6.07) is 3.56. The monoisotopic (exact) mass is 302 g/mol. The lowest BCUT2D eigenvalue weighted by molar-refractivity contribution is 0.0720. The lowest BCUT2D eigenvalue weighted by atomic mass is 10.1. The fourth-order valence-corrected chi connectivity index (χ4v) is 2.15. The molecule has 1 amide bonds. The van der Waals surface area contributed by atoms with Gasteiger partial charge in [0.15, 0.2) is 0 Å². The minimum absolute atomic E-state index is 0.00364. The molecule has 16 heavy (non-hydrogen) atoms. The summed E-state index contributed by atoms with van der Waals surface area (Å²) < 4.78 is 0.878. The molecule has 0 bridgehead atoms. The van der Waals surface area contributed by atoms with E-state index < -0.39 is 0 Å². The van der Waals surface area contributed by atoms with E-state index in [0.29, 0.717) is 5.69 Å². The van der Waals surface area contributed by atoms with Gasteiger partial charge >= 0.3 is 0 Å². The molecule has 3 nitrogen and oxygen atoms in total. The molecule has 0 spiro atoms. The van der Waals surface area contributed by atoms with Gasteiger partial charge in [-0.2, -0.15) is 0 Å². The number of piperidine rings is 1. The Balaban J connectivity index is 2.05. The summed E-state index contributed by atoms with van der Waals surface area (Å²) in [5.74, 6) is -0.00364.